The van der Waals surface area contributed by atoms with Crippen LogP contribution < -0.4 is 14.4 Å². The average molecular weight is 521 g/mol. The van der Waals surface area contributed by atoms with Crippen molar-refractivity contribution in [2.24, 2.45) is 0 Å². The predicted molar refractivity (Wildman–Crippen MR) is 128 cm³/mol. The Morgan fingerprint density at radius 3 is 2.47 bits per heavy atom. The van der Waals surface area contributed by atoms with E-state index in [1.807, 2.05) is 0 Å². The molecule has 1 atom stereocenters. The number of hydrogen-bond donors (Lipinski definition) is 1. The number of nitrogens with zero attached hydrogens (tertiary/aromatic N) is 1. The van der Waals surface area contributed by atoms with Gasteiger partial charge in [-0.05, 0) is 54.6 Å². The number of hydrogen-bond acceptors (Lipinski definition) is 6. The zero-order chi connectivity index (χ0) is 24.5. The number of carbonyl (C=O) groups excluding carboxylic acids is 2. The second-order valence-electron chi connectivity index (χ2n) is 7.24. The van der Waals surface area contributed by atoms with Gasteiger partial charge in [0, 0.05) is 5.02 Å². The van der Waals surface area contributed by atoms with Gasteiger partial charge in [-0.25, -0.2) is 13.2 Å². The van der Waals surface area contributed by atoms with Gasteiger partial charge < -0.3 is 14.8 Å². The third-order valence-corrected chi connectivity index (χ3v) is 7.45. The number of benzene rings is 3. The summed E-state index contributed by atoms with van der Waals surface area (Å²) in [6.07, 6.45) is -1.20. The summed E-state index contributed by atoms with van der Waals surface area (Å²) in [5.74, 6) is -1.02. The van der Waals surface area contributed by atoms with Crippen LogP contribution in [0.1, 0.15) is 10.4 Å². The summed E-state index contributed by atoms with van der Waals surface area (Å²) in [6.45, 7) is -0.290. The average Bonchev–Trinajstić information content (AvgIpc) is 2.84. The molecule has 0 fully saturated rings. The molecule has 3 aromatic rings. The van der Waals surface area contributed by atoms with E-state index in [0.29, 0.717) is 10.7 Å². The SMILES string of the molecule is COC(=O)c1ccc(Cl)c(NC(=O)C2CN(S(=O)(=O)c3ccc(Cl)cc3)c3ccccc3O2)c1. The number of esters is 1. The number of rotatable bonds is 5. The van der Waals surface area contributed by atoms with E-state index in [1.165, 1.54) is 49.6 Å². The predicted octanol–water partition coefficient (Wildman–Crippen LogP) is 4.38. The lowest BCUT2D eigenvalue weighted by Crippen LogP contribution is -2.48. The summed E-state index contributed by atoms with van der Waals surface area (Å²) in [5, 5.41) is 3.18. The first-order valence-electron chi connectivity index (χ1n) is 9.93. The van der Waals surface area contributed by atoms with Crippen molar-refractivity contribution in [2.75, 3.05) is 23.3 Å². The van der Waals surface area contributed by atoms with Crippen LogP contribution in [-0.2, 0) is 19.6 Å². The smallest absolute Gasteiger partial charge is 0.337 e. The molecule has 1 unspecified atom stereocenters. The van der Waals surface area contributed by atoms with Crippen molar-refractivity contribution in [3.8, 4) is 5.75 Å². The molecule has 1 heterocycles. The molecule has 1 N–H and O–H groups in total. The van der Waals surface area contributed by atoms with Crippen molar-refractivity contribution in [3.63, 3.8) is 0 Å². The molecule has 34 heavy (non-hydrogen) atoms. The van der Waals surface area contributed by atoms with Crippen molar-refractivity contribution in [1.29, 1.82) is 0 Å². The molecule has 1 aliphatic rings. The van der Waals surface area contributed by atoms with E-state index in [4.69, 9.17) is 32.7 Å². The van der Waals surface area contributed by atoms with Crippen LogP contribution in [0.4, 0.5) is 11.4 Å². The van der Waals surface area contributed by atoms with Gasteiger partial charge in [0.25, 0.3) is 15.9 Å². The molecule has 0 spiro atoms. The third kappa shape index (κ3) is 4.68. The normalized spacial score (nSPS) is 15.1. The number of para-hydroxylation sites is 2. The highest BCUT2D eigenvalue weighted by Crippen LogP contribution is 2.37. The zero-order valence-corrected chi connectivity index (χ0v) is 20.0. The van der Waals surface area contributed by atoms with Crippen LogP contribution in [0.15, 0.2) is 71.6 Å². The van der Waals surface area contributed by atoms with Gasteiger partial charge in [-0.1, -0.05) is 35.3 Å². The molecule has 1 amide bonds. The number of ether oxygens (including phenoxy) is 2. The molecular formula is C23H18Cl2N2O6S. The highest BCUT2D eigenvalue weighted by molar-refractivity contribution is 7.92. The van der Waals surface area contributed by atoms with Gasteiger partial charge in [0.2, 0.25) is 0 Å². The van der Waals surface area contributed by atoms with Crippen LogP contribution in [0.25, 0.3) is 0 Å². The van der Waals surface area contributed by atoms with Crippen LogP contribution in [0, 0.1) is 0 Å². The van der Waals surface area contributed by atoms with Gasteiger partial charge in [0.15, 0.2) is 6.10 Å². The fourth-order valence-corrected chi connectivity index (χ4v) is 5.15. The topological polar surface area (TPSA) is 102 Å². The van der Waals surface area contributed by atoms with Gasteiger partial charge >= 0.3 is 5.97 Å². The lowest BCUT2D eigenvalue weighted by Gasteiger charge is -2.34. The largest absolute Gasteiger partial charge is 0.476 e. The number of methoxy groups -OCH3 is 1. The molecule has 11 heteroatoms. The third-order valence-electron chi connectivity index (χ3n) is 5.07. The number of carbonyl (C=O) groups is 2. The zero-order valence-electron chi connectivity index (χ0n) is 17.7. The number of amides is 1. The molecule has 8 nitrogen and oxygen atoms in total. The Morgan fingerprint density at radius 1 is 1.06 bits per heavy atom. The Balaban J connectivity index is 1.65. The maximum absolute atomic E-state index is 13.4. The number of nitrogens with one attached hydrogen (secondary N) is 1. The summed E-state index contributed by atoms with van der Waals surface area (Å²) < 4.78 is 38.5. The van der Waals surface area contributed by atoms with Gasteiger partial charge in [-0.3, -0.25) is 9.10 Å². The Hall–Kier alpha value is -3.27. The Bertz CT molecular complexity index is 1360. The van der Waals surface area contributed by atoms with Crippen LogP contribution >= 0.6 is 23.2 Å². The molecular weight excluding hydrogens is 503 g/mol. The number of sulfonamides is 1. The summed E-state index contributed by atoms with van der Waals surface area (Å²) >= 11 is 12.1. The molecule has 4 rings (SSSR count). The van der Waals surface area contributed by atoms with Crippen molar-refractivity contribution < 1.29 is 27.5 Å². The van der Waals surface area contributed by atoms with Gasteiger partial charge in [-0.15, -0.1) is 0 Å². The van der Waals surface area contributed by atoms with Crippen molar-refractivity contribution in [1.82, 2.24) is 0 Å². The summed E-state index contributed by atoms with van der Waals surface area (Å²) in [4.78, 5) is 24.9. The summed E-state index contributed by atoms with van der Waals surface area (Å²) in [5.41, 5.74) is 0.639. The van der Waals surface area contributed by atoms with Crippen molar-refractivity contribution >= 4 is 56.5 Å². The first-order valence-corrected chi connectivity index (χ1v) is 12.1. The molecule has 0 radical (unpaired) electrons. The lowest BCUT2D eigenvalue weighted by molar-refractivity contribution is -0.122. The second kappa shape index (κ2) is 9.54. The standard InChI is InChI=1S/C23H18Cl2N2O6S/c1-32-23(29)14-6-11-17(25)18(12-14)26-22(28)21-13-27(19-4-2-3-5-20(19)33-21)34(30,31)16-9-7-15(24)8-10-16/h2-12,21H,13H2,1H3,(H,26,28). The van der Waals surface area contributed by atoms with E-state index in [2.05, 4.69) is 5.32 Å². The number of fused-ring (bicyclic) bond motifs is 1. The molecule has 0 saturated carbocycles. The summed E-state index contributed by atoms with van der Waals surface area (Å²) in [7, 11) is -2.80. The Morgan fingerprint density at radius 2 is 1.76 bits per heavy atom. The van der Waals surface area contributed by atoms with E-state index >= 15 is 0 Å². The molecule has 0 aliphatic carbocycles. The molecule has 1 aliphatic heterocycles. The maximum atomic E-state index is 13.4. The fourth-order valence-electron chi connectivity index (χ4n) is 3.38. The molecule has 176 valence electrons. The van der Waals surface area contributed by atoms with E-state index in [0.717, 1.165) is 4.31 Å². The molecule has 0 aromatic heterocycles. The van der Waals surface area contributed by atoms with Gasteiger partial charge in [0.1, 0.15) is 5.75 Å². The van der Waals surface area contributed by atoms with Gasteiger partial charge in [-0.2, -0.15) is 0 Å². The highest BCUT2D eigenvalue weighted by atomic mass is 35.5. The van der Waals surface area contributed by atoms with E-state index < -0.39 is 28.0 Å². The highest BCUT2D eigenvalue weighted by Gasteiger charge is 2.37. The monoisotopic (exact) mass is 520 g/mol. The molecule has 0 bridgehead atoms. The van der Waals surface area contributed by atoms with Crippen LogP contribution in [0.5, 0.6) is 5.75 Å². The van der Waals surface area contributed by atoms with Crippen molar-refractivity contribution in [3.05, 3.63) is 82.3 Å². The second-order valence-corrected chi connectivity index (χ2v) is 9.95. The Kier molecular flexibility index (Phi) is 6.70. The van der Waals surface area contributed by atoms with E-state index in [9.17, 15) is 18.0 Å². The van der Waals surface area contributed by atoms with E-state index in [-0.39, 0.29) is 33.5 Å². The first-order chi connectivity index (χ1) is 16.2. The first kappa shape index (κ1) is 23.9. The van der Waals surface area contributed by atoms with Crippen LogP contribution in [0.2, 0.25) is 10.0 Å². The fraction of sp³-hybridized carbons (Fsp3) is 0.130. The lowest BCUT2D eigenvalue weighted by atomic mass is 10.2. The molecule has 3 aromatic carbocycles. The number of anilines is 2. The summed E-state index contributed by atoms with van der Waals surface area (Å²) in [6, 6.07) is 16.5. The minimum Gasteiger partial charge on any atom is -0.476 e. The Labute approximate surface area is 206 Å². The number of halogens is 2. The van der Waals surface area contributed by atoms with Gasteiger partial charge in [0.05, 0.1) is 40.5 Å². The minimum absolute atomic E-state index is 0.0154. The quantitative estimate of drug-likeness (QED) is 0.501. The molecule has 0 saturated heterocycles. The van der Waals surface area contributed by atoms with Crippen LogP contribution in [0.3, 0.4) is 0 Å². The maximum Gasteiger partial charge on any atom is 0.337 e. The minimum atomic E-state index is -4.03. The van der Waals surface area contributed by atoms with Crippen molar-refractivity contribution in [2.45, 2.75) is 11.0 Å². The van der Waals surface area contributed by atoms with E-state index in [1.54, 1.807) is 24.3 Å². The van der Waals surface area contributed by atoms with Crippen LogP contribution in [-0.4, -0.2) is 40.1 Å².